The Hall–Kier alpha value is -2.73. The number of nitrogens with one attached hydrogen (secondary N) is 3. The van der Waals surface area contributed by atoms with Crippen molar-refractivity contribution >= 4 is 29.6 Å². The van der Waals surface area contributed by atoms with Gasteiger partial charge in [0.05, 0.1) is 12.6 Å². The molecular weight excluding hydrogens is 386 g/mol. The van der Waals surface area contributed by atoms with Gasteiger partial charge in [-0.05, 0) is 25.7 Å². The maximum Gasteiger partial charge on any atom is 0.328 e. The summed E-state index contributed by atoms with van der Waals surface area (Å²) in [5, 5.41) is 24.6. The molecule has 0 heterocycles. The van der Waals surface area contributed by atoms with Crippen molar-refractivity contribution in [2.75, 3.05) is 6.61 Å². The van der Waals surface area contributed by atoms with Gasteiger partial charge in [-0.3, -0.25) is 19.2 Å². The third-order valence-electron chi connectivity index (χ3n) is 3.92. The van der Waals surface area contributed by atoms with Gasteiger partial charge >= 0.3 is 5.97 Å². The molecule has 166 valence electrons. The fourth-order valence-corrected chi connectivity index (χ4v) is 2.31. The molecule has 0 aliphatic carbocycles. The molecule has 0 radical (unpaired) electrons. The molecule has 0 bridgehead atoms. The third kappa shape index (κ3) is 10.4. The fourth-order valence-electron chi connectivity index (χ4n) is 2.31. The topological polar surface area (TPSA) is 214 Å². The van der Waals surface area contributed by atoms with Crippen LogP contribution >= 0.6 is 0 Å². The molecular formula is C17H31N5O7. The second-order valence-electron chi connectivity index (χ2n) is 7.11. The third-order valence-corrected chi connectivity index (χ3v) is 3.92. The van der Waals surface area contributed by atoms with Crippen molar-refractivity contribution in [3.05, 3.63) is 0 Å². The van der Waals surface area contributed by atoms with E-state index < -0.39 is 60.4 Å². The van der Waals surface area contributed by atoms with Crippen LogP contribution in [0.3, 0.4) is 0 Å². The lowest BCUT2D eigenvalue weighted by Crippen LogP contribution is -2.56. The van der Waals surface area contributed by atoms with E-state index in [2.05, 4.69) is 16.0 Å². The second-order valence-corrected chi connectivity index (χ2v) is 7.11. The number of primary amides is 1. The molecule has 0 aromatic heterocycles. The summed E-state index contributed by atoms with van der Waals surface area (Å²) < 4.78 is 0. The Bertz CT molecular complexity index is 611. The fraction of sp³-hybridized carbons (Fsp3) is 0.706. The van der Waals surface area contributed by atoms with E-state index in [-0.39, 0.29) is 18.8 Å². The molecule has 12 heteroatoms. The molecule has 0 rings (SSSR count). The first-order valence-electron chi connectivity index (χ1n) is 9.17. The quantitative estimate of drug-likeness (QED) is 0.165. The molecule has 0 aromatic carbocycles. The lowest BCUT2D eigenvalue weighted by atomic mass is 10.0. The van der Waals surface area contributed by atoms with Crippen LogP contribution in [-0.4, -0.2) is 70.6 Å². The zero-order chi connectivity index (χ0) is 22.7. The van der Waals surface area contributed by atoms with E-state index >= 15 is 0 Å². The number of carbonyl (C=O) groups is 5. The summed E-state index contributed by atoms with van der Waals surface area (Å²) in [7, 11) is 0. The van der Waals surface area contributed by atoms with Crippen LogP contribution in [0, 0.1) is 5.92 Å². The highest BCUT2D eigenvalue weighted by Crippen LogP contribution is 2.05. The molecule has 0 saturated carbocycles. The molecule has 0 aliphatic heterocycles. The number of carbonyl (C=O) groups excluding carboxylic acids is 4. The molecule has 29 heavy (non-hydrogen) atoms. The highest BCUT2D eigenvalue weighted by atomic mass is 16.4. The highest BCUT2D eigenvalue weighted by molar-refractivity contribution is 5.94. The zero-order valence-corrected chi connectivity index (χ0v) is 16.8. The maximum atomic E-state index is 12.5. The molecule has 0 spiro atoms. The SMILES string of the molecule is CC(C)CC(N)C(=O)NC(CCC(N)=O)C(=O)NC(C)C(=O)NC(CO)C(=O)O. The summed E-state index contributed by atoms with van der Waals surface area (Å²) in [5.74, 6) is -4.18. The Morgan fingerprint density at radius 3 is 1.90 bits per heavy atom. The largest absolute Gasteiger partial charge is 0.480 e. The Morgan fingerprint density at radius 2 is 1.45 bits per heavy atom. The minimum Gasteiger partial charge on any atom is -0.480 e. The van der Waals surface area contributed by atoms with Gasteiger partial charge in [0.25, 0.3) is 0 Å². The number of hydrogen-bond donors (Lipinski definition) is 7. The molecule has 4 atom stereocenters. The van der Waals surface area contributed by atoms with E-state index in [1.54, 1.807) is 0 Å². The van der Waals surface area contributed by atoms with Crippen molar-refractivity contribution in [3.8, 4) is 0 Å². The number of aliphatic carboxylic acids is 1. The summed E-state index contributed by atoms with van der Waals surface area (Å²) in [4.78, 5) is 58.6. The molecule has 0 fully saturated rings. The van der Waals surface area contributed by atoms with Crippen molar-refractivity contribution < 1.29 is 34.2 Å². The summed E-state index contributed by atoms with van der Waals surface area (Å²) in [6.45, 7) is 4.22. The van der Waals surface area contributed by atoms with E-state index in [1.807, 2.05) is 13.8 Å². The van der Waals surface area contributed by atoms with Crippen LogP contribution in [0.5, 0.6) is 0 Å². The van der Waals surface area contributed by atoms with E-state index in [9.17, 15) is 24.0 Å². The molecule has 0 aromatic rings. The van der Waals surface area contributed by atoms with E-state index in [4.69, 9.17) is 21.7 Å². The van der Waals surface area contributed by atoms with Crippen molar-refractivity contribution in [1.82, 2.24) is 16.0 Å². The summed E-state index contributed by atoms with van der Waals surface area (Å²) >= 11 is 0. The maximum absolute atomic E-state index is 12.5. The number of carboxylic acid groups (broad SMARTS) is 1. The van der Waals surface area contributed by atoms with Gasteiger partial charge < -0.3 is 37.6 Å². The van der Waals surface area contributed by atoms with Crippen LogP contribution in [0.15, 0.2) is 0 Å². The van der Waals surface area contributed by atoms with Crippen LogP contribution < -0.4 is 27.4 Å². The second kappa shape index (κ2) is 12.7. The number of hydrogen-bond acceptors (Lipinski definition) is 7. The van der Waals surface area contributed by atoms with Gasteiger partial charge in [-0.25, -0.2) is 4.79 Å². The van der Waals surface area contributed by atoms with Crippen molar-refractivity contribution in [1.29, 1.82) is 0 Å². The van der Waals surface area contributed by atoms with Crippen molar-refractivity contribution in [3.63, 3.8) is 0 Å². The van der Waals surface area contributed by atoms with E-state index in [0.29, 0.717) is 6.42 Å². The Morgan fingerprint density at radius 1 is 0.897 bits per heavy atom. The number of nitrogens with two attached hydrogens (primary N) is 2. The van der Waals surface area contributed by atoms with Crippen LogP contribution in [0.4, 0.5) is 0 Å². The van der Waals surface area contributed by atoms with Gasteiger partial charge in [0, 0.05) is 6.42 Å². The first-order chi connectivity index (χ1) is 13.4. The van der Waals surface area contributed by atoms with Gasteiger partial charge in [-0.15, -0.1) is 0 Å². The van der Waals surface area contributed by atoms with Crippen LogP contribution in [0.1, 0.15) is 40.0 Å². The molecule has 0 aliphatic rings. The van der Waals surface area contributed by atoms with Crippen LogP contribution in [-0.2, 0) is 24.0 Å². The smallest absolute Gasteiger partial charge is 0.328 e. The predicted molar refractivity (Wildman–Crippen MR) is 102 cm³/mol. The van der Waals surface area contributed by atoms with Crippen molar-refractivity contribution in [2.45, 2.75) is 64.2 Å². The van der Waals surface area contributed by atoms with Gasteiger partial charge in [0.15, 0.2) is 0 Å². The minimum absolute atomic E-state index is 0.107. The lowest BCUT2D eigenvalue weighted by Gasteiger charge is -2.23. The van der Waals surface area contributed by atoms with E-state index in [1.165, 1.54) is 6.92 Å². The van der Waals surface area contributed by atoms with Gasteiger partial charge in [-0.1, -0.05) is 13.8 Å². The number of amides is 4. The number of rotatable bonds is 13. The molecule has 4 unspecified atom stereocenters. The number of aliphatic hydroxyl groups is 1. The number of aliphatic hydroxyl groups excluding tert-OH is 1. The minimum atomic E-state index is -1.53. The molecule has 9 N–H and O–H groups in total. The Labute approximate surface area is 168 Å². The van der Waals surface area contributed by atoms with Gasteiger partial charge in [-0.2, -0.15) is 0 Å². The summed E-state index contributed by atoms with van der Waals surface area (Å²) in [6.07, 6.45) is 0.0839. The summed E-state index contributed by atoms with van der Waals surface area (Å²) in [6, 6.07) is -4.73. The van der Waals surface area contributed by atoms with Crippen LogP contribution in [0.2, 0.25) is 0 Å². The predicted octanol–water partition coefficient (Wildman–Crippen LogP) is -2.82. The lowest BCUT2D eigenvalue weighted by molar-refractivity contribution is -0.143. The van der Waals surface area contributed by atoms with Gasteiger partial charge in [0.1, 0.15) is 18.1 Å². The monoisotopic (exact) mass is 417 g/mol. The van der Waals surface area contributed by atoms with Gasteiger partial charge in [0.2, 0.25) is 23.6 Å². The Kier molecular flexibility index (Phi) is 11.5. The average molecular weight is 417 g/mol. The standard InChI is InChI=1S/C17H31N5O7/c1-8(2)6-10(18)15(26)21-11(4-5-13(19)24)16(27)20-9(3)14(25)22-12(7-23)17(28)29/h8-12,23H,4-7,18H2,1-3H3,(H2,19,24)(H,20,27)(H,21,26)(H,22,25)(H,28,29). The molecule has 0 saturated heterocycles. The normalized spacial score (nSPS) is 15.0. The highest BCUT2D eigenvalue weighted by Gasteiger charge is 2.28. The zero-order valence-electron chi connectivity index (χ0n) is 16.8. The van der Waals surface area contributed by atoms with E-state index in [0.717, 1.165) is 0 Å². The summed E-state index contributed by atoms with van der Waals surface area (Å²) in [5.41, 5.74) is 10.9. The average Bonchev–Trinajstić information content (AvgIpc) is 2.61. The first-order valence-corrected chi connectivity index (χ1v) is 9.17. The van der Waals surface area contributed by atoms with Crippen molar-refractivity contribution in [2.24, 2.45) is 17.4 Å². The first kappa shape index (κ1) is 26.3. The van der Waals surface area contributed by atoms with Crippen LogP contribution in [0.25, 0.3) is 0 Å². The number of carboxylic acids is 1. The molecule has 4 amide bonds. The molecule has 12 nitrogen and oxygen atoms in total. The Balaban J connectivity index is 5.05.